The van der Waals surface area contributed by atoms with Crippen molar-refractivity contribution in [3.63, 3.8) is 0 Å². The van der Waals surface area contributed by atoms with E-state index in [2.05, 4.69) is 0 Å². The summed E-state index contributed by atoms with van der Waals surface area (Å²) in [6.07, 6.45) is -1.84. The second kappa shape index (κ2) is 4.31. The normalized spacial score (nSPS) is 18.9. The van der Waals surface area contributed by atoms with Crippen LogP contribution < -0.4 is 0 Å². The van der Waals surface area contributed by atoms with Gasteiger partial charge in [-0.2, -0.15) is 0 Å². The van der Waals surface area contributed by atoms with E-state index < -0.39 is 24.1 Å². The zero-order chi connectivity index (χ0) is 9.02. The Morgan fingerprint density at radius 1 is 1.45 bits per heavy atom. The fourth-order valence-corrected chi connectivity index (χ4v) is 0.898. The molecule has 0 aromatic rings. The second-order valence-corrected chi connectivity index (χ2v) is 2.58. The summed E-state index contributed by atoms with van der Waals surface area (Å²) in [4.78, 5) is 10.4. The van der Waals surface area contributed by atoms with Crippen LogP contribution in [0.15, 0.2) is 0 Å². The summed E-state index contributed by atoms with van der Waals surface area (Å²) in [5.74, 6) is -1.93. The zero-order valence-electron chi connectivity index (χ0n) is 6.69. The average molecular weight is 162 g/mol. The molecular formula is C7H14O4. The lowest BCUT2D eigenvalue weighted by Gasteiger charge is -2.19. The largest absolute Gasteiger partial charge is 0.481 e. The highest BCUT2D eigenvalue weighted by atomic mass is 16.4. The van der Waals surface area contributed by atoms with Crippen molar-refractivity contribution in [2.45, 2.75) is 32.5 Å². The lowest BCUT2D eigenvalue weighted by molar-refractivity contribution is -0.148. The third-order valence-electron chi connectivity index (χ3n) is 1.66. The van der Waals surface area contributed by atoms with Crippen molar-refractivity contribution in [3.05, 3.63) is 0 Å². The summed E-state index contributed by atoms with van der Waals surface area (Å²) < 4.78 is 0. The quantitative estimate of drug-likeness (QED) is 0.536. The third-order valence-corrected chi connectivity index (χ3v) is 1.66. The summed E-state index contributed by atoms with van der Waals surface area (Å²) in [5.41, 5.74) is 0. The molecule has 66 valence electrons. The van der Waals surface area contributed by atoms with Crippen LogP contribution in [-0.2, 0) is 4.79 Å². The molecule has 0 bridgehead atoms. The van der Waals surface area contributed by atoms with Crippen molar-refractivity contribution < 1.29 is 20.1 Å². The van der Waals surface area contributed by atoms with Crippen molar-refractivity contribution >= 4 is 5.97 Å². The van der Waals surface area contributed by atoms with Gasteiger partial charge in [-0.1, -0.05) is 6.92 Å². The van der Waals surface area contributed by atoms with Gasteiger partial charge < -0.3 is 15.3 Å². The minimum Gasteiger partial charge on any atom is -0.481 e. The Kier molecular flexibility index (Phi) is 4.07. The second-order valence-electron chi connectivity index (χ2n) is 2.58. The lowest BCUT2D eigenvalue weighted by Crippen LogP contribution is -2.35. The molecule has 0 fully saturated rings. The van der Waals surface area contributed by atoms with Crippen LogP contribution in [0.1, 0.15) is 20.3 Å². The fourth-order valence-electron chi connectivity index (χ4n) is 0.898. The van der Waals surface area contributed by atoms with E-state index in [4.69, 9.17) is 15.3 Å². The Bertz CT molecular complexity index is 132. The van der Waals surface area contributed by atoms with Crippen molar-refractivity contribution in [1.29, 1.82) is 0 Å². The van der Waals surface area contributed by atoms with Gasteiger partial charge in [0, 0.05) is 0 Å². The smallest absolute Gasteiger partial charge is 0.309 e. The first-order valence-corrected chi connectivity index (χ1v) is 3.59. The van der Waals surface area contributed by atoms with Crippen LogP contribution in [0.4, 0.5) is 0 Å². The summed E-state index contributed by atoms with van der Waals surface area (Å²) in [7, 11) is 0. The minimum atomic E-state index is -1.17. The van der Waals surface area contributed by atoms with Crippen LogP contribution in [0, 0.1) is 5.92 Å². The van der Waals surface area contributed by atoms with Gasteiger partial charge in [-0.25, -0.2) is 0 Å². The van der Waals surface area contributed by atoms with Crippen LogP contribution in [0.3, 0.4) is 0 Å². The molecule has 3 unspecified atom stereocenters. The molecule has 0 heterocycles. The van der Waals surface area contributed by atoms with Gasteiger partial charge in [-0.15, -0.1) is 0 Å². The fraction of sp³-hybridized carbons (Fsp3) is 0.857. The zero-order valence-corrected chi connectivity index (χ0v) is 6.69. The molecule has 0 saturated carbocycles. The molecule has 0 aliphatic heterocycles. The van der Waals surface area contributed by atoms with Gasteiger partial charge in [0.1, 0.15) is 0 Å². The van der Waals surface area contributed by atoms with E-state index in [1.54, 1.807) is 6.92 Å². The van der Waals surface area contributed by atoms with Crippen LogP contribution in [0.5, 0.6) is 0 Å². The number of aliphatic carboxylic acids is 1. The molecule has 0 rings (SSSR count). The number of aliphatic hydroxyl groups is 2. The highest BCUT2D eigenvalue weighted by Crippen LogP contribution is 2.11. The van der Waals surface area contributed by atoms with E-state index >= 15 is 0 Å². The number of carbonyl (C=O) groups is 1. The molecule has 0 saturated heterocycles. The first-order valence-electron chi connectivity index (χ1n) is 3.59. The summed E-state index contributed by atoms with van der Waals surface area (Å²) >= 11 is 0. The van der Waals surface area contributed by atoms with Crippen LogP contribution >= 0.6 is 0 Å². The first-order chi connectivity index (χ1) is 5.00. The number of rotatable bonds is 4. The standard InChI is InChI=1S/C7H14O4/c1-3-5(7(10)11)6(9)4(2)8/h4-6,8-9H,3H2,1-2H3,(H,10,11). The SMILES string of the molecule is CCC(C(=O)O)C(O)C(C)O. The number of hydrogen-bond donors (Lipinski definition) is 3. The molecule has 11 heavy (non-hydrogen) atoms. The van der Waals surface area contributed by atoms with E-state index in [0.717, 1.165) is 0 Å². The maximum Gasteiger partial charge on any atom is 0.309 e. The Labute approximate surface area is 65.5 Å². The molecule has 0 spiro atoms. The molecule has 3 N–H and O–H groups in total. The first kappa shape index (κ1) is 10.4. The monoisotopic (exact) mass is 162 g/mol. The van der Waals surface area contributed by atoms with Crippen molar-refractivity contribution in [1.82, 2.24) is 0 Å². The average Bonchev–Trinajstić information content (AvgIpc) is 1.88. The minimum absolute atomic E-state index is 0.321. The van der Waals surface area contributed by atoms with Gasteiger partial charge in [0.15, 0.2) is 0 Å². The van der Waals surface area contributed by atoms with E-state index in [0.29, 0.717) is 6.42 Å². The van der Waals surface area contributed by atoms with Crippen LogP contribution in [0.25, 0.3) is 0 Å². The third kappa shape index (κ3) is 2.86. The van der Waals surface area contributed by atoms with E-state index in [-0.39, 0.29) is 0 Å². The van der Waals surface area contributed by atoms with Crippen LogP contribution in [0.2, 0.25) is 0 Å². The Hall–Kier alpha value is -0.610. The van der Waals surface area contributed by atoms with Gasteiger partial charge in [0.05, 0.1) is 18.1 Å². The lowest BCUT2D eigenvalue weighted by atomic mass is 9.96. The van der Waals surface area contributed by atoms with Gasteiger partial charge in [-0.05, 0) is 13.3 Å². The van der Waals surface area contributed by atoms with Crippen molar-refractivity contribution in [2.75, 3.05) is 0 Å². The molecule has 0 aliphatic rings. The van der Waals surface area contributed by atoms with E-state index in [9.17, 15) is 4.79 Å². The van der Waals surface area contributed by atoms with Crippen molar-refractivity contribution in [3.8, 4) is 0 Å². The number of aliphatic hydroxyl groups excluding tert-OH is 2. The molecule has 0 aromatic carbocycles. The Balaban J connectivity index is 4.14. The number of carboxylic acids is 1. The molecule has 0 radical (unpaired) electrons. The molecular weight excluding hydrogens is 148 g/mol. The molecule has 0 aliphatic carbocycles. The maximum atomic E-state index is 10.4. The Morgan fingerprint density at radius 2 is 1.91 bits per heavy atom. The van der Waals surface area contributed by atoms with E-state index in [1.165, 1.54) is 6.92 Å². The van der Waals surface area contributed by atoms with Gasteiger partial charge >= 0.3 is 5.97 Å². The van der Waals surface area contributed by atoms with Crippen LogP contribution in [-0.4, -0.2) is 33.5 Å². The molecule has 3 atom stereocenters. The molecule has 4 nitrogen and oxygen atoms in total. The van der Waals surface area contributed by atoms with Gasteiger partial charge in [-0.3, -0.25) is 4.79 Å². The molecule has 4 heteroatoms. The van der Waals surface area contributed by atoms with Gasteiger partial charge in [0.2, 0.25) is 0 Å². The highest BCUT2D eigenvalue weighted by molar-refractivity contribution is 5.70. The molecule has 0 aromatic heterocycles. The summed E-state index contributed by atoms with van der Waals surface area (Å²) in [6.45, 7) is 3.03. The summed E-state index contributed by atoms with van der Waals surface area (Å²) in [5, 5.41) is 26.5. The highest BCUT2D eigenvalue weighted by Gasteiger charge is 2.27. The van der Waals surface area contributed by atoms with Crippen molar-refractivity contribution in [2.24, 2.45) is 5.92 Å². The number of hydrogen-bond acceptors (Lipinski definition) is 3. The van der Waals surface area contributed by atoms with E-state index in [1.807, 2.05) is 0 Å². The topological polar surface area (TPSA) is 77.8 Å². The molecule has 0 amide bonds. The predicted molar refractivity (Wildman–Crippen MR) is 39.1 cm³/mol. The maximum absolute atomic E-state index is 10.4. The predicted octanol–water partition coefficient (Wildman–Crippen LogP) is -0.161. The van der Waals surface area contributed by atoms with Gasteiger partial charge in [0.25, 0.3) is 0 Å². The Morgan fingerprint density at radius 3 is 2.00 bits per heavy atom. The summed E-state index contributed by atoms with van der Waals surface area (Å²) in [6, 6.07) is 0. The number of carboxylic acid groups (broad SMARTS) is 1.